The summed E-state index contributed by atoms with van der Waals surface area (Å²) in [6.45, 7) is 7.08. The second kappa shape index (κ2) is 12.3. The monoisotopic (exact) mass is 549 g/mol. The van der Waals surface area contributed by atoms with E-state index >= 15 is 0 Å². The summed E-state index contributed by atoms with van der Waals surface area (Å²) in [5.74, 6) is -3.18. The third-order valence-corrected chi connectivity index (χ3v) is 7.76. The Morgan fingerprint density at radius 2 is 1.64 bits per heavy atom. The number of likely N-dealkylation sites (tertiary alicyclic amines) is 1. The summed E-state index contributed by atoms with van der Waals surface area (Å²) in [6.07, 6.45) is 6.42. The summed E-state index contributed by atoms with van der Waals surface area (Å²) in [4.78, 5) is 77.3. The van der Waals surface area contributed by atoms with Crippen molar-refractivity contribution < 1.29 is 33.5 Å². The van der Waals surface area contributed by atoms with Crippen molar-refractivity contribution in [1.29, 1.82) is 0 Å². The molecule has 0 aromatic carbocycles. The number of Topliss-reactive ketones (excluding diaryl/α,β-unsaturated/α-hetero) is 1. The Balaban J connectivity index is 1.70. The van der Waals surface area contributed by atoms with Gasteiger partial charge in [-0.3, -0.25) is 24.0 Å². The minimum Gasteiger partial charge on any atom is -0.459 e. The third kappa shape index (κ3) is 8.40. The molecule has 0 aromatic rings. The Morgan fingerprint density at radius 1 is 1.00 bits per heavy atom. The molecule has 12 heteroatoms. The molecule has 2 unspecified atom stereocenters. The topological polar surface area (TPSA) is 177 Å². The molecule has 0 radical (unpaired) electrons. The molecule has 3 aliphatic rings. The summed E-state index contributed by atoms with van der Waals surface area (Å²) >= 11 is 0. The van der Waals surface area contributed by atoms with E-state index in [-0.39, 0.29) is 18.4 Å². The highest BCUT2D eigenvalue weighted by atomic mass is 16.6. The van der Waals surface area contributed by atoms with Gasteiger partial charge in [-0.2, -0.15) is 0 Å². The molecule has 3 rings (SSSR count). The van der Waals surface area contributed by atoms with Crippen molar-refractivity contribution in [1.82, 2.24) is 20.9 Å². The molecule has 0 spiro atoms. The van der Waals surface area contributed by atoms with Gasteiger partial charge in [0.2, 0.25) is 17.6 Å². The largest absolute Gasteiger partial charge is 0.459 e. The second-order valence-electron chi connectivity index (χ2n) is 12.4. The number of amides is 5. The molecule has 0 bridgehead atoms. The summed E-state index contributed by atoms with van der Waals surface area (Å²) in [7, 11) is 0. The van der Waals surface area contributed by atoms with E-state index in [1.54, 1.807) is 20.8 Å². The number of nitrogens with two attached hydrogens (primary N) is 1. The number of rotatable bonds is 11. The molecular formula is C27H43N5O7. The SMILES string of the molecule is CC(C)(C)OC(=O)CNC(=O)NC(C(=O)N1CCC[C@H]1C(=O)NC(CC1CC1)C(=O)C(N)=O)C1(C)CCCC1. The van der Waals surface area contributed by atoms with Gasteiger partial charge in [-0.1, -0.05) is 32.6 Å². The van der Waals surface area contributed by atoms with E-state index in [2.05, 4.69) is 16.0 Å². The van der Waals surface area contributed by atoms with Gasteiger partial charge in [-0.15, -0.1) is 0 Å². The van der Waals surface area contributed by atoms with Crippen LogP contribution in [0, 0.1) is 11.3 Å². The Kier molecular flexibility index (Phi) is 9.60. The van der Waals surface area contributed by atoms with E-state index in [0.29, 0.717) is 25.8 Å². The maximum atomic E-state index is 13.9. The first kappa shape index (κ1) is 30.4. The van der Waals surface area contributed by atoms with Crippen LogP contribution in [0.2, 0.25) is 0 Å². The first-order chi connectivity index (χ1) is 18.2. The van der Waals surface area contributed by atoms with Crippen LogP contribution < -0.4 is 21.7 Å². The molecular weight excluding hydrogens is 506 g/mol. The van der Waals surface area contributed by atoms with Gasteiger partial charge < -0.3 is 31.3 Å². The molecule has 1 aliphatic heterocycles. The standard InChI is InChI=1S/C27H43N5O7/c1-26(2,3)39-19(33)15-29-25(38)31-21(27(4)11-5-6-12-27)24(37)32-13-7-8-18(32)23(36)30-17(14-16-9-10-16)20(34)22(28)35/h16-18,21H,5-15H2,1-4H3,(H2,28,35)(H,30,36)(H2,29,31,38)/t17?,18-,21?/m0/s1. The molecule has 3 atom stereocenters. The Bertz CT molecular complexity index is 982. The summed E-state index contributed by atoms with van der Waals surface area (Å²) in [6, 6.07) is -3.44. The van der Waals surface area contributed by atoms with Crippen LogP contribution >= 0.6 is 0 Å². The fraction of sp³-hybridized carbons (Fsp3) is 0.778. The molecule has 5 N–H and O–H groups in total. The van der Waals surface area contributed by atoms with Crippen LogP contribution in [0.1, 0.15) is 85.5 Å². The zero-order valence-corrected chi connectivity index (χ0v) is 23.5. The molecule has 2 aliphatic carbocycles. The van der Waals surface area contributed by atoms with Crippen LogP contribution in [-0.2, 0) is 28.7 Å². The van der Waals surface area contributed by atoms with Gasteiger partial charge in [0.25, 0.3) is 5.91 Å². The van der Waals surface area contributed by atoms with Crippen LogP contribution in [0.5, 0.6) is 0 Å². The summed E-state index contributed by atoms with van der Waals surface area (Å²) in [5, 5.41) is 7.91. The van der Waals surface area contributed by atoms with Gasteiger partial charge >= 0.3 is 12.0 Å². The average molecular weight is 550 g/mol. The Hall–Kier alpha value is -3.18. The maximum absolute atomic E-state index is 13.9. The van der Waals surface area contributed by atoms with E-state index in [4.69, 9.17) is 10.5 Å². The number of esters is 1. The zero-order chi connectivity index (χ0) is 29.0. The lowest BCUT2D eigenvalue weighted by Gasteiger charge is -2.37. The van der Waals surface area contributed by atoms with Crippen molar-refractivity contribution in [3.05, 3.63) is 0 Å². The lowest BCUT2D eigenvalue weighted by molar-refractivity contribution is -0.153. The number of carbonyl (C=O) groups excluding carboxylic acids is 6. The molecule has 5 amide bonds. The quantitative estimate of drug-likeness (QED) is 0.219. The number of nitrogens with one attached hydrogen (secondary N) is 3. The first-order valence-electron chi connectivity index (χ1n) is 13.9. The van der Waals surface area contributed by atoms with E-state index in [1.165, 1.54) is 4.90 Å². The third-order valence-electron chi connectivity index (χ3n) is 7.76. The predicted octanol–water partition coefficient (Wildman–Crippen LogP) is 0.907. The maximum Gasteiger partial charge on any atom is 0.325 e. The van der Waals surface area contributed by atoms with Gasteiger partial charge in [0.1, 0.15) is 24.2 Å². The zero-order valence-electron chi connectivity index (χ0n) is 23.5. The molecule has 1 saturated heterocycles. The number of ether oxygens (including phenoxy) is 1. The van der Waals surface area contributed by atoms with Crippen molar-refractivity contribution in [2.75, 3.05) is 13.1 Å². The lowest BCUT2D eigenvalue weighted by atomic mass is 9.79. The van der Waals surface area contributed by atoms with Crippen LogP contribution in [0.25, 0.3) is 0 Å². The smallest absolute Gasteiger partial charge is 0.325 e. The first-order valence-corrected chi connectivity index (χ1v) is 13.9. The number of hydrogen-bond donors (Lipinski definition) is 4. The Labute approximate surface area is 229 Å². The number of urea groups is 1. The molecule has 3 fully saturated rings. The van der Waals surface area contributed by atoms with Gasteiger partial charge in [0.15, 0.2) is 0 Å². The van der Waals surface area contributed by atoms with Gasteiger partial charge in [0, 0.05) is 6.54 Å². The fourth-order valence-electron chi connectivity index (χ4n) is 5.54. The van der Waals surface area contributed by atoms with Gasteiger partial charge in [0.05, 0.1) is 6.04 Å². The number of primary amides is 1. The predicted molar refractivity (Wildman–Crippen MR) is 141 cm³/mol. The Morgan fingerprint density at radius 3 is 2.21 bits per heavy atom. The van der Waals surface area contributed by atoms with E-state index in [1.807, 2.05) is 6.92 Å². The summed E-state index contributed by atoms with van der Waals surface area (Å²) in [5.41, 5.74) is 3.98. The van der Waals surface area contributed by atoms with Crippen molar-refractivity contribution in [3.8, 4) is 0 Å². The van der Waals surface area contributed by atoms with E-state index in [0.717, 1.165) is 38.5 Å². The van der Waals surface area contributed by atoms with Crippen molar-refractivity contribution in [2.24, 2.45) is 17.1 Å². The van der Waals surface area contributed by atoms with Crippen LogP contribution in [-0.4, -0.2) is 77.2 Å². The van der Waals surface area contributed by atoms with Crippen LogP contribution in [0.3, 0.4) is 0 Å². The molecule has 12 nitrogen and oxygen atoms in total. The number of carbonyl (C=O) groups is 6. The minimum atomic E-state index is -1.10. The normalized spacial score (nSPS) is 21.9. The number of hydrogen-bond acceptors (Lipinski definition) is 7. The van der Waals surface area contributed by atoms with Gasteiger partial charge in [-0.05, 0) is 64.2 Å². The van der Waals surface area contributed by atoms with E-state index < -0.39 is 58.7 Å². The number of nitrogens with zero attached hydrogens (tertiary/aromatic N) is 1. The van der Waals surface area contributed by atoms with Crippen molar-refractivity contribution in [3.63, 3.8) is 0 Å². The average Bonchev–Trinajstić information content (AvgIpc) is 3.33. The molecule has 218 valence electrons. The highest BCUT2D eigenvalue weighted by Crippen LogP contribution is 2.42. The number of ketones is 1. The minimum absolute atomic E-state index is 0.259. The van der Waals surface area contributed by atoms with Crippen LogP contribution in [0.15, 0.2) is 0 Å². The van der Waals surface area contributed by atoms with Crippen molar-refractivity contribution >= 4 is 35.5 Å². The molecule has 2 saturated carbocycles. The summed E-state index contributed by atoms with van der Waals surface area (Å²) < 4.78 is 5.22. The van der Waals surface area contributed by atoms with Gasteiger partial charge in [-0.25, -0.2) is 4.79 Å². The second-order valence-corrected chi connectivity index (χ2v) is 12.4. The highest BCUT2D eigenvalue weighted by Gasteiger charge is 2.47. The van der Waals surface area contributed by atoms with E-state index in [9.17, 15) is 28.8 Å². The molecule has 39 heavy (non-hydrogen) atoms. The fourth-order valence-corrected chi connectivity index (χ4v) is 5.54. The molecule has 0 aromatic heterocycles. The highest BCUT2D eigenvalue weighted by molar-refractivity contribution is 6.37. The van der Waals surface area contributed by atoms with Crippen LogP contribution in [0.4, 0.5) is 4.79 Å². The lowest BCUT2D eigenvalue weighted by Crippen LogP contribution is -2.60. The molecule has 1 heterocycles. The van der Waals surface area contributed by atoms with Crippen molar-refractivity contribution in [2.45, 2.75) is 109 Å².